The summed E-state index contributed by atoms with van der Waals surface area (Å²) in [6.45, 7) is 6.06. The molecule has 0 fully saturated rings. The SMILES string of the molecule is CC(C)[C@H]1C(=O)N[C@@H](c2ccc3c(c2)OCO3)C/C=C/C[C@H](C)Oc2ccccc2C(=O)N1C. The van der Waals surface area contributed by atoms with Gasteiger partial charge in [-0.25, -0.2) is 0 Å². The highest BCUT2D eigenvalue weighted by molar-refractivity contribution is 5.99. The van der Waals surface area contributed by atoms with Crippen LogP contribution in [0, 0.1) is 5.92 Å². The largest absolute Gasteiger partial charge is 0.490 e. The van der Waals surface area contributed by atoms with Crippen LogP contribution in [0.4, 0.5) is 0 Å². The molecule has 0 saturated carbocycles. The number of likely N-dealkylation sites (N-methyl/N-ethyl adjacent to an activating group) is 1. The summed E-state index contributed by atoms with van der Waals surface area (Å²) in [4.78, 5) is 28.5. The van der Waals surface area contributed by atoms with Crippen molar-refractivity contribution in [3.63, 3.8) is 0 Å². The molecule has 0 radical (unpaired) electrons. The molecule has 0 aliphatic carbocycles. The number of nitrogens with one attached hydrogen (secondary N) is 1. The molecule has 7 nitrogen and oxygen atoms in total. The lowest BCUT2D eigenvalue weighted by Crippen LogP contribution is -2.51. The molecule has 0 spiro atoms. The second kappa shape index (κ2) is 10.2. The Morgan fingerprint density at radius 1 is 0.971 bits per heavy atom. The number of amides is 2. The molecule has 0 saturated heterocycles. The van der Waals surface area contributed by atoms with Gasteiger partial charge in [-0.05, 0) is 49.1 Å². The van der Waals surface area contributed by atoms with Crippen LogP contribution in [-0.4, -0.2) is 42.7 Å². The van der Waals surface area contributed by atoms with Crippen molar-refractivity contribution in [2.75, 3.05) is 13.8 Å². The Labute approximate surface area is 200 Å². The van der Waals surface area contributed by atoms with Crippen molar-refractivity contribution in [1.82, 2.24) is 10.2 Å². The third kappa shape index (κ3) is 5.03. The first-order valence-electron chi connectivity index (χ1n) is 11.7. The van der Waals surface area contributed by atoms with Crippen LogP contribution in [0.15, 0.2) is 54.6 Å². The minimum atomic E-state index is -0.651. The van der Waals surface area contributed by atoms with Crippen LogP contribution in [0.5, 0.6) is 17.2 Å². The fourth-order valence-corrected chi connectivity index (χ4v) is 4.44. The molecule has 2 aliphatic heterocycles. The molecule has 0 aromatic heterocycles. The number of carbonyl (C=O) groups excluding carboxylic acids is 2. The van der Waals surface area contributed by atoms with Crippen molar-refractivity contribution >= 4 is 11.8 Å². The van der Waals surface area contributed by atoms with Crippen LogP contribution in [-0.2, 0) is 4.79 Å². The van der Waals surface area contributed by atoms with E-state index in [1.54, 1.807) is 19.2 Å². The van der Waals surface area contributed by atoms with Crippen molar-refractivity contribution in [3.05, 3.63) is 65.7 Å². The lowest BCUT2D eigenvalue weighted by molar-refractivity contribution is -0.127. The van der Waals surface area contributed by atoms with Crippen molar-refractivity contribution in [1.29, 1.82) is 0 Å². The summed E-state index contributed by atoms with van der Waals surface area (Å²) in [6.07, 6.45) is 5.27. The molecule has 2 aromatic carbocycles. The van der Waals surface area contributed by atoms with Gasteiger partial charge in [0.25, 0.3) is 5.91 Å². The predicted molar refractivity (Wildman–Crippen MR) is 129 cm³/mol. The van der Waals surface area contributed by atoms with Gasteiger partial charge < -0.3 is 24.4 Å². The van der Waals surface area contributed by atoms with Crippen LogP contribution in [0.25, 0.3) is 0 Å². The van der Waals surface area contributed by atoms with Gasteiger partial charge in [0.05, 0.1) is 17.7 Å². The predicted octanol–water partition coefficient (Wildman–Crippen LogP) is 4.49. The lowest BCUT2D eigenvalue weighted by Gasteiger charge is -2.32. The summed E-state index contributed by atoms with van der Waals surface area (Å²) in [7, 11) is 1.67. The van der Waals surface area contributed by atoms with E-state index in [9.17, 15) is 9.59 Å². The number of carbonyl (C=O) groups is 2. The summed E-state index contributed by atoms with van der Waals surface area (Å²) in [5, 5.41) is 3.18. The van der Waals surface area contributed by atoms with Crippen LogP contribution in [0.3, 0.4) is 0 Å². The van der Waals surface area contributed by atoms with E-state index in [2.05, 4.69) is 17.5 Å². The Morgan fingerprint density at radius 3 is 2.50 bits per heavy atom. The third-order valence-electron chi connectivity index (χ3n) is 6.21. The first kappa shape index (κ1) is 23.7. The maximum Gasteiger partial charge on any atom is 0.258 e. The molecule has 2 amide bonds. The topological polar surface area (TPSA) is 77.1 Å². The summed E-state index contributed by atoms with van der Waals surface area (Å²) < 4.78 is 17.1. The minimum Gasteiger partial charge on any atom is -0.490 e. The molecule has 2 heterocycles. The summed E-state index contributed by atoms with van der Waals surface area (Å²) in [6, 6.07) is 12.0. The van der Waals surface area contributed by atoms with Gasteiger partial charge in [-0.3, -0.25) is 9.59 Å². The molecule has 34 heavy (non-hydrogen) atoms. The summed E-state index contributed by atoms with van der Waals surface area (Å²) >= 11 is 0. The average molecular weight is 465 g/mol. The molecule has 2 aliphatic rings. The van der Waals surface area contributed by atoms with Gasteiger partial charge in [0.1, 0.15) is 11.8 Å². The zero-order valence-electron chi connectivity index (χ0n) is 20.1. The number of rotatable bonds is 2. The van der Waals surface area contributed by atoms with E-state index < -0.39 is 6.04 Å². The number of benzene rings is 2. The molecule has 3 atom stereocenters. The smallest absolute Gasteiger partial charge is 0.258 e. The van der Waals surface area contributed by atoms with E-state index in [4.69, 9.17) is 14.2 Å². The molecule has 1 N–H and O–H groups in total. The number of hydrogen-bond acceptors (Lipinski definition) is 5. The second-order valence-electron chi connectivity index (χ2n) is 9.15. The van der Waals surface area contributed by atoms with E-state index in [1.807, 2.05) is 51.1 Å². The van der Waals surface area contributed by atoms with E-state index in [0.717, 1.165) is 5.56 Å². The van der Waals surface area contributed by atoms with Crippen LogP contribution in [0.1, 0.15) is 55.6 Å². The Bertz CT molecular complexity index is 1080. The monoisotopic (exact) mass is 464 g/mol. The molecular formula is C27H32N2O5. The number of para-hydroxylation sites is 1. The fraction of sp³-hybridized carbons (Fsp3) is 0.407. The molecule has 4 rings (SSSR count). The number of ether oxygens (including phenoxy) is 3. The van der Waals surface area contributed by atoms with E-state index in [-0.39, 0.29) is 36.7 Å². The Balaban J connectivity index is 1.69. The highest BCUT2D eigenvalue weighted by atomic mass is 16.7. The minimum absolute atomic E-state index is 0.0955. The molecule has 0 unspecified atom stereocenters. The maximum absolute atomic E-state index is 13.5. The van der Waals surface area contributed by atoms with Gasteiger partial charge in [0.2, 0.25) is 12.7 Å². The number of fused-ring (bicyclic) bond motifs is 2. The number of nitrogens with zero attached hydrogens (tertiary/aromatic N) is 1. The van der Waals surface area contributed by atoms with Crippen molar-refractivity contribution < 1.29 is 23.8 Å². The second-order valence-corrected chi connectivity index (χ2v) is 9.15. The van der Waals surface area contributed by atoms with Gasteiger partial charge in [-0.15, -0.1) is 0 Å². The van der Waals surface area contributed by atoms with E-state index in [1.165, 1.54) is 4.90 Å². The van der Waals surface area contributed by atoms with Crippen molar-refractivity contribution in [2.24, 2.45) is 5.92 Å². The van der Waals surface area contributed by atoms with Gasteiger partial charge in [-0.1, -0.05) is 44.2 Å². The average Bonchev–Trinajstić information content (AvgIpc) is 3.28. The first-order valence-corrected chi connectivity index (χ1v) is 11.7. The standard InChI is InChI=1S/C27H32N2O5/c1-17(2)25-26(30)28-21(19-13-14-23-24(15-19)33-16-32-23)11-7-5-9-18(3)34-22-12-8-6-10-20(22)27(31)29(25)4/h5-8,10,12-15,17-18,21,25H,9,11,16H2,1-4H3,(H,28,30)/b7-5+/t18-,21+,25-/m0/s1. The highest BCUT2D eigenvalue weighted by Gasteiger charge is 2.33. The lowest BCUT2D eigenvalue weighted by atomic mass is 9.97. The van der Waals surface area contributed by atoms with Crippen LogP contribution >= 0.6 is 0 Å². The fourth-order valence-electron chi connectivity index (χ4n) is 4.44. The van der Waals surface area contributed by atoms with Crippen molar-refractivity contribution in [3.8, 4) is 17.2 Å². The Morgan fingerprint density at radius 2 is 1.71 bits per heavy atom. The third-order valence-corrected chi connectivity index (χ3v) is 6.21. The Hall–Kier alpha value is -3.48. The summed E-state index contributed by atoms with van der Waals surface area (Å²) in [5.74, 6) is 1.35. The van der Waals surface area contributed by atoms with Gasteiger partial charge in [-0.2, -0.15) is 0 Å². The van der Waals surface area contributed by atoms with E-state index in [0.29, 0.717) is 35.7 Å². The van der Waals surface area contributed by atoms with Gasteiger partial charge >= 0.3 is 0 Å². The zero-order chi connectivity index (χ0) is 24.2. The molecule has 2 aromatic rings. The quantitative estimate of drug-likeness (QED) is 0.663. The van der Waals surface area contributed by atoms with Gasteiger partial charge in [0, 0.05) is 13.5 Å². The van der Waals surface area contributed by atoms with Crippen LogP contribution in [0.2, 0.25) is 0 Å². The molecule has 180 valence electrons. The molecule has 7 heteroatoms. The molecular weight excluding hydrogens is 432 g/mol. The van der Waals surface area contributed by atoms with Gasteiger partial charge in [0.15, 0.2) is 11.5 Å². The summed E-state index contributed by atoms with van der Waals surface area (Å²) in [5.41, 5.74) is 1.36. The number of hydrogen-bond donors (Lipinski definition) is 1. The first-order chi connectivity index (χ1) is 16.3. The zero-order valence-corrected chi connectivity index (χ0v) is 20.1. The normalized spacial score (nSPS) is 24.1. The maximum atomic E-state index is 13.5. The van der Waals surface area contributed by atoms with E-state index >= 15 is 0 Å². The Kier molecular flexibility index (Phi) is 7.10. The van der Waals surface area contributed by atoms with Crippen molar-refractivity contribution in [2.45, 2.75) is 51.8 Å². The van der Waals surface area contributed by atoms with Crippen LogP contribution < -0.4 is 19.5 Å². The highest BCUT2D eigenvalue weighted by Crippen LogP contribution is 2.35. The molecule has 0 bridgehead atoms.